The highest BCUT2D eigenvalue weighted by molar-refractivity contribution is 14.1. The van der Waals surface area contributed by atoms with Crippen molar-refractivity contribution in [3.05, 3.63) is 0 Å². The normalized spacial score (nSPS) is 17.6. The van der Waals surface area contributed by atoms with Crippen molar-refractivity contribution in [1.82, 2.24) is 0 Å². The van der Waals surface area contributed by atoms with Gasteiger partial charge in [-0.15, -0.1) is 0 Å². The van der Waals surface area contributed by atoms with Crippen molar-refractivity contribution in [2.24, 2.45) is 5.41 Å². The second-order valence-corrected chi connectivity index (χ2v) is 6.49. The lowest BCUT2D eigenvalue weighted by molar-refractivity contribution is -0.220. The summed E-state index contributed by atoms with van der Waals surface area (Å²) in [6.45, 7) is 3.02. The summed E-state index contributed by atoms with van der Waals surface area (Å²) in [5, 5.41) is 0. The zero-order valence-corrected chi connectivity index (χ0v) is 13.2. The van der Waals surface area contributed by atoms with E-state index in [0.717, 1.165) is 0 Å². The monoisotopic (exact) mass is 418 g/mol. The molecule has 0 amide bonds. The molecule has 0 heterocycles. The quantitative estimate of drug-likeness (QED) is 0.310. The number of carbonyl (C=O) groups excluding carboxylic acids is 1. The van der Waals surface area contributed by atoms with Gasteiger partial charge in [0.25, 0.3) is 10.1 Å². The van der Waals surface area contributed by atoms with E-state index in [9.17, 15) is 26.4 Å². The molecule has 0 aliphatic rings. The minimum absolute atomic E-state index is 0.219. The molecule has 0 aliphatic carbocycles. The second-order valence-electron chi connectivity index (χ2n) is 4.23. The van der Waals surface area contributed by atoms with Gasteiger partial charge in [0.1, 0.15) is 5.75 Å². The van der Waals surface area contributed by atoms with Crippen molar-refractivity contribution in [1.29, 1.82) is 0 Å². The van der Waals surface area contributed by atoms with Gasteiger partial charge in [-0.3, -0.25) is 9.35 Å². The Hall–Kier alpha value is -0.100. The first kappa shape index (κ1) is 18.9. The predicted molar refractivity (Wildman–Crippen MR) is 69.6 cm³/mol. The third-order valence-electron chi connectivity index (χ3n) is 2.54. The molecule has 10 heteroatoms. The Bertz CT molecular complexity index is 416. The fourth-order valence-corrected chi connectivity index (χ4v) is 2.44. The zero-order valence-electron chi connectivity index (χ0n) is 10.2. The summed E-state index contributed by atoms with van der Waals surface area (Å²) in [5.41, 5.74) is -1.14. The zero-order chi connectivity index (χ0) is 15.5. The van der Waals surface area contributed by atoms with Crippen molar-refractivity contribution in [3.8, 4) is 0 Å². The van der Waals surface area contributed by atoms with Crippen LogP contribution in [0.25, 0.3) is 0 Å². The molecule has 0 aromatic heterocycles. The van der Waals surface area contributed by atoms with Gasteiger partial charge >= 0.3 is 12.1 Å². The molecule has 0 spiro atoms. The van der Waals surface area contributed by atoms with Crippen LogP contribution in [-0.2, 0) is 19.6 Å². The SMILES string of the molecule is CCC(C)(CI)C(=O)OC(CS(=O)(=O)O)C(F)(F)F. The minimum atomic E-state index is -5.06. The molecule has 0 fully saturated rings. The average molecular weight is 418 g/mol. The van der Waals surface area contributed by atoms with Gasteiger partial charge in [0.2, 0.25) is 6.10 Å². The van der Waals surface area contributed by atoms with E-state index in [1.54, 1.807) is 6.92 Å². The molecule has 19 heavy (non-hydrogen) atoms. The number of carbonyl (C=O) groups is 1. The van der Waals surface area contributed by atoms with Crippen LogP contribution in [-0.4, -0.2) is 41.4 Å². The Morgan fingerprint density at radius 3 is 2.16 bits per heavy atom. The highest BCUT2D eigenvalue weighted by atomic mass is 127. The van der Waals surface area contributed by atoms with Crippen molar-refractivity contribution in [2.75, 3.05) is 10.2 Å². The van der Waals surface area contributed by atoms with E-state index in [1.165, 1.54) is 6.92 Å². The second kappa shape index (κ2) is 6.57. The van der Waals surface area contributed by atoms with Crippen LogP contribution < -0.4 is 0 Å². The summed E-state index contributed by atoms with van der Waals surface area (Å²) >= 11 is 1.83. The van der Waals surface area contributed by atoms with Crippen LogP contribution in [0, 0.1) is 5.41 Å². The maximum Gasteiger partial charge on any atom is 0.426 e. The van der Waals surface area contributed by atoms with Crippen LogP contribution in [0.1, 0.15) is 20.3 Å². The van der Waals surface area contributed by atoms with Gasteiger partial charge in [0.05, 0.1) is 5.41 Å². The summed E-state index contributed by atoms with van der Waals surface area (Å²) < 4.78 is 71.6. The van der Waals surface area contributed by atoms with Gasteiger partial charge in [0.15, 0.2) is 0 Å². The number of halogens is 4. The maximum absolute atomic E-state index is 12.6. The summed E-state index contributed by atoms with van der Waals surface area (Å²) in [5.74, 6) is -2.85. The molecule has 2 atom stereocenters. The Labute approximate surface area is 122 Å². The van der Waals surface area contributed by atoms with Crippen LogP contribution >= 0.6 is 22.6 Å². The summed E-state index contributed by atoms with van der Waals surface area (Å²) in [6.07, 6.45) is -7.69. The van der Waals surface area contributed by atoms with E-state index in [-0.39, 0.29) is 10.8 Å². The van der Waals surface area contributed by atoms with E-state index in [2.05, 4.69) is 4.74 Å². The number of esters is 1. The summed E-state index contributed by atoms with van der Waals surface area (Å²) in [4.78, 5) is 11.7. The molecular weight excluding hydrogens is 404 g/mol. The Morgan fingerprint density at radius 2 is 1.89 bits per heavy atom. The lowest BCUT2D eigenvalue weighted by atomic mass is 9.90. The van der Waals surface area contributed by atoms with Crippen LogP contribution in [0.2, 0.25) is 0 Å². The molecule has 0 bridgehead atoms. The Balaban J connectivity index is 5.10. The number of ether oxygens (including phenoxy) is 1. The van der Waals surface area contributed by atoms with Gasteiger partial charge in [-0.05, 0) is 13.3 Å². The average Bonchev–Trinajstić information content (AvgIpc) is 2.23. The number of alkyl halides is 4. The first-order valence-electron chi connectivity index (χ1n) is 5.14. The Morgan fingerprint density at radius 1 is 1.42 bits per heavy atom. The van der Waals surface area contributed by atoms with Gasteiger partial charge in [0, 0.05) is 4.43 Å². The van der Waals surface area contributed by atoms with Crippen molar-refractivity contribution in [3.63, 3.8) is 0 Å². The van der Waals surface area contributed by atoms with E-state index in [4.69, 9.17) is 4.55 Å². The lowest BCUT2D eigenvalue weighted by Crippen LogP contribution is -2.43. The third kappa shape index (κ3) is 6.25. The van der Waals surface area contributed by atoms with E-state index in [1.807, 2.05) is 22.6 Å². The molecule has 2 unspecified atom stereocenters. The van der Waals surface area contributed by atoms with E-state index in [0.29, 0.717) is 0 Å². The lowest BCUT2D eigenvalue weighted by Gasteiger charge is -2.27. The van der Waals surface area contributed by atoms with Crippen molar-refractivity contribution < 1.29 is 35.7 Å². The van der Waals surface area contributed by atoms with Gasteiger partial charge in [-0.1, -0.05) is 29.5 Å². The van der Waals surface area contributed by atoms with Crippen molar-refractivity contribution >= 4 is 38.7 Å². The largest absolute Gasteiger partial charge is 0.451 e. The van der Waals surface area contributed by atoms with Gasteiger partial charge in [-0.2, -0.15) is 21.6 Å². The highest BCUT2D eigenvalue weighted by Crippen LogP contribution is 2.30. The number of hydrogen-bond donors (Lipinski definition) is 1. The molecule has 0 aliphatic heterocycles. The number of rotatable bonds is 6. The fourth-order valence-electron chi connectivity index (χ4n) is 0.951. The first-order chi connectivity index (χ1) is 8.35. The molecule has 5 nitrogen and oxygen atoms in total. The van der Waals surface area contributed by atoms with Crippen LogP contribution in [0.4, 0.5) is 13.2 Å². The molecule has 0 aromatic rings. The molecule has 0 saturated carbocycles. The molecule has 114 valence electrons. The van der Waals surface area contributed by atoms with Crippen LogP contribution in [0.3, 0.4) is 0 Å². The Kier molecular flexibility index (Phi) is 6.53. The van der Waals surface area contributed by atoms with Crippen LogP contribution in [0.15, 0.2) is 0 Å². The molecule has 0 saturated heterocycles. The van der Waals surface area contributed by atoms with Gasteiger partial charge < -0.3 is 4.74 Å². The number of hydrogen-bond acceptors (Lipinski definition) is 4. The minimum Gasteiger partial charge on any atom is -0.451 e. The van der Waals surface area contributed by atoms with Crippen molar-refractivity contribution in [2.45, 2.75) is 32.5 Å². The molecule has 1 N–H and O–H groups in total. The summed E-state index contributed by atoms with van der Waals surface area (Å²) in [6, 6.07) is 0. The molecule has 0 radical (unpaired) electrons. The molecular formula is C9H14F3IO5S. The molecule has 0 aromatic carbocycles. The van der Waals surface area contributed by atoms with Crippen LogP contribution in [0.5, 0.6) is 0 Å². The maximum atomic E-state index is 12.6. The van der Waals surface area contributed by atoms with Gasteiger partial charge in [-0.25, -0.2) is 0 Å². The predicted octanol–water partition coefficient (Wildman–Crippen LogP) is 2.20. The fraction of sp³-hybridized carbons (Fsp3) is 0.889. The van der Waals surface area contributed by atoms with E-state index < -0.39 is 39.5 Å². The third-order valence-corrected chi connectivity index (χ3v) is 4.95. The summed E-state index contributed by atoms with van der Waals surface area (Å²) in [7, 11) is -4.91. The first-order valence-corrected chi connectivity index (χ1v) is 8.28. The topological polar surface area (TPSA) is 80.7 Å². The smallest absolute Gasteiger partial charge is 0.426 e. The van der Waals surface area contributed by atoms with E-state index >= 15 is 0 Å². The molecule has 0 rings (SSSR count). The highest BCUT2D eigenvalue weighted by Gasteiger charge is 2.47. The standard InChI is InChI=1S/C9H14F3IO5S/c1-3-8(2,5-13)7(14)18-6(9(10,11)12)4-19(15,16)17/h6H,3-5H2,1-2H3,(H,15,16,17).